The summed E-state index contributed by atoms with van der Waals surface area (Å²) in [6.45, 7) is 8.40. The molecule has 0 radical (unpaired) electrons. The summed E-state index contributed by atoms with van der Waals surface area (Å²) >= 11 is 0. The van der Waals surface area contributed by atoms with Crippen molar-refractivity contribution in [2.75, 3.05) is 13.7 Å². The molecule has 0 spiro atoms. The Morgan fingerprint density at radius 1 is 1.48 bits per heavy atom. The summed E-state index contributed by atoms with van der Waals surface area (Å²) in [4.78, 5) is 8.61. The van der Waals surface area contributed by atoms with Crippen LogP contribution in [0.3, 0.4) is 0 Å². The molecule has 1 saturated heterocycles. The summed E-state index contributed by atoms with van der Waals surface area (Å²) < 4.78 is 19.6. The fourth-order valence-electron chi connectivity index (χ4n) is 3.44. The van der Waals surface area contributed by atoms with Gasteiger partial charge in [0, 0.05) is 24.9 Å². The lowest BCUT2D eigenvalue weighted by Crippen LogP contribution is -2.48. The Balaban J connectivity index is 1.76. The molecule has 0 saturated carbocycles. The molecule has 2 aliphatic rings. The van der Waals surface area contributed by atoms with Gasteiger partial charge >= 0.3 is 0 Å². The van der Waals surface area contributed by atoms with Crippen molar-refractivity contribution in [3.8, 4) is 0 Å². The summed E-state index contributed by atoms with van der Waals surface area (Å²) in [5.41, 5.74) is 1.13. The highest BCUT2D eigenvalue weighted by atomic mass is 19.1. The van der Waals surface area contributed by atoms with E-state index in [1.54, 1.807) is 12.3 Å². The van der Waals surface area contributed by atoms with E-state index in [2.05, 4.69) is 28.7 Å². The normalized spacial score (nSPS) is 23.4. The van der Waals surface area contributed by atoms with E-state index in [0.29, 0.717) is 18.1 Å². The number of rotatable bonds is 6. The van der Waals surface area contributed by atoms with Crippen LogP contribution in [-0.2, 0) is 11.3 Å². The highest BCUT2D eigenvalue weighted by molar-refractivity contribution is 5.73. The van der Waals surface area contributed by atoms with Gasteiger partial charge < -0.3 is 14.7 Å². The zero-order chi connectivity index (χ0) is 19.6. The van der Waals surface area contributed by atoms with Crippen molar-refractivity contribution in [2.45, 2.75) is 45.2 Å². The largest absolute Gasteiger partial charge is 0.477 e. The van der Waals surface area contributed by atoms with Crippen LogP contribution in [0.15, 0.2) is 47.6 Å². The highest BCUT2D eigenvalue weighted by Crippen LogP contribution is 2.29. The van der Waals surface area contributed by atoms with Crippen molar-refractivity contribution < 1.29 is 14.2 Å². The molecule has 1 fully saturated rings. The number of aliphatic hydroxyl groups excluding tert-OH is 1. The summed E-state index contributed by atoms with van der Waals surface area (Å²) in [5.74, 6) is 1.19. The molecule has 2 N–H and O–H groups in total. The lowest BCUT2D eigenvalue weighted by atomic mass is 10.0. The first-order valence-electron chi connectivity index (χ1n) is 9.18. The molecule has 0 aliphatic carbocycles. The van der Waals surface area contributed by atoms with Gasteiger partial charge in [-0.3, -0.25) is 15.2 Å². The van der Waals surface area contributed by atoms with Gasteiger partial charge in [0.2, 0.25) is 0 Å². The van der Waals surface area contributed by atoms with Gasteiger partial charge in [0.25, 0.3) is 0 Å². The maximum atomic E-state index is 14.1. The smallest absolute Gasteiger partial charge is 0.187 e. The zero-order valence-corrected chi connectivity index (χ0v) is 16.0. The van der Waals surface area contributed by atoms with E-state index in [-0.39, 0.29) is 25.0 Å². The van der Waals surface area contributed by atoms with Crippen LogP contribution in [-0.4, -0.2) is 47.1 Å². The summed E-state index contributed by atoms with van der Waals surface area (Å²) in [6.07, 6.45) is 4.18. The third-order valence-electron chi connectivity index (χ3n) is 5.03. The second-order valence-corrected chi connectivity index (χ2v) is 6.87. The number of nitrogens with zero attached hydrogens (tertiary/aromatic N) is 3. The van der Waals surface area contributed by atoms with Crippen LogP contribution < -0.4 is 5.32 Å². The Labute approximate surface area is 159 Å². The molecule has 3 rings (SSSR count). The second-order valence-electron chi connectivity index (χ2n) is 6.87. The molecule has 3 atom stereocenters. The van der Waals surface area contributed by atoms with Crippen molar-refractivity contribution >= 4 is 6.21 Å². The maximum absolute atomic E-state index is 14.1. The topological polar surface area (TPSA) is 60.3 Å². The van der Waals surface area contributed by atoms with E-state index in [0.717, 1.165) is 17.8 Å². The van der Waals surface area contributed by atoms with Crippen molar-refractivity contribution in [3.63, 3.8) is 0 Å². The number of hydrogen-bond acceptors (Lipinski definition) is 6. The van der Waals surface area contributed by atoms with Crippen LogP contribution in [0.4, 0.5) is 4.39 Å². The average molecular weight is 374 g/mol. The van der Waals surface area contributed by atoms with Gasteiger partial charge in [0.05, 0.1) is 12.6 Å². The molecule has 7 heteroatoms. The number of aliphatic hydroxyl groups is 1. The van der Waals surface area contributed by atoms with E-state index < -0.39 is 5.82 Å². The molecule has 2 heterocycles. The number of ether oxygens (including phenoxy) is 1. The number of aliphatic imine (C=N–C) groups is 1. The monoisotopic (exact) mass is 374 g/mol. The minimum atomic E-state index is -0.393. The molecule has 27 heavy (non-hydrogen) atoms. The van der Waals surface area contributed by atoms with Crippen LogP contribution in [0.5, 0.6) is 0 Å². The molecule has 1 aromatic carbocycles. The van der Waals surface area contributed by atoms with Crippen LogP contribution in [0.2, 0.25) is 0 Å². The lowest BCUT2D eigenvalue weighted by molar-refractivity contribution is 0.164. The van der Waals surface area contributed by atoms with E-state index in [4.69, 9.17) is 9.84 Å². The van der Waals surface area contributed by atoms with Crippen molar-refractivity contribution in [3.05, 3.63) is 59.5 Å². The predicted octanol–water partition coefficient (Wildman–Crippen LogP) is 2.69. The first-order chi connectivity index (χ1) is 13.0. The predicted molar refractivity (Wildman–Crippen MR) is 103 cm³/mol. The molecular formula is C20H27FN4O2. The van der Waals surface area contributed by atoms with Crippen molar-refractivity contribution in [2.24, 2.45) is 4.99 Å². The lowest BCUT2D eigenvalue weighted by Gasteiger charge is -2.38. The molecule has 1 aromatic rings. The molecule has 0 aromatic heterocycles. The Kier molecular flexibility index (Phi) is 5.82. The minimum absolute atomic E-state index is 0.0772. The molecule has 6 nitrogen and oxygen atoms in total. The van der Waals surface area contributed by atoms with Gasteiger partial charge in [-0.15, -0.1) is 0 Å². The quantitative estimate of drug-likeness (QED) is 0.802. The van der Waals surface area contributed by atoms with Gasteiger partial charge in [-0.25, -0.2) is 4.39 Å². The Bertz CT molecular complexity index is 764. The molecule has 0 bridgehead atoms. The Morgan fingerprint density at radius 3 is 2.85 bits per heavy atom. The first-order valence-corrected chi connectivity index (χ1v) is 9.18. The van der Waals surface area contributed by atoms with Gasteiger partial charge in [-0.2, -0.15) is 0 Å². The number of halogens is 1. The zero-order valence-electron chi connectivity index (χ0n) is 16.0. The van der Waals surface area contributed by atoms with Crippen LogP contribution in [0, 0.1) is 5.82 Å². The SMILES string of the molecule is C=C1OCC(C)N1C1=CC=NC(NC(CC)c2ccc(CO)c(F)c2)N1C. The highest BCUT2D eigenvalue weighted by Gasteiger charge is 2.33. The van der Waals surface area contributed by atoms with Gasteiger partial charge in [-0.05, 0) is 37.6 Å². The minimum Gasteiger partial charge on any atom is -0.477 e. The fraction of sp³-hybridized carbons (Fsp3) is 0.450. The molecule has 3 unspecified atom stereocenters. The number of nitrogens with one attached hydrogen (secondary N) is 1. The summed E-state index contributed by atoms with van der Waals surface area (Å²) in [6, 6.07) is 5.07. The Hall–Kier alpha value is -2.38. The second kappa shape index (κ2) is 8.10. The van der Waals surface area contributed by atoms with Crippen molar-refractivity contribution in [1.29, 1.82) is 0 Å². The summed E-state index contributed by atoms with van der Waals surface area (Å²) in [5, 5.41) is 12.6. The van der Waals surface area contributed by atoms with Gasteiger partial charge in [-0.1, -0.05) is 19.1 Å². The third-order valence-corrected chi connectivity index (χ3v) is 5.03. The number of hydrogen-bond donors (Lipinski definition) is 2. The average Bonchev–Trinajstić information content (AvgIpc) is 2.99. The summed E-state index contributed by atoms with van der Waals surface area (Å²) in [7, 11) is 1.96. The molecule has 0 amide bonds. The van der Waals surface area contributed by atoms with Gasteiger partial charge in [0.15, 0.2) is 12.2 Å². The van der Waals surface area contributed by atoms with Gasteiger partial charge in [0.1, 0.15) is 18.2 Å². The van der Waals surface area contributed by atoms with E-state index in [9.17, 15) is 4.39 Å². The van der Waals surface area contributed by atoms with E-state index >= 15 is 0 Å². The van der Waals surface area contributed by atoms with Crippen molar-refractivity contribution in [1.82, 2.24) is 15.1 Å². The number of benzene rings is 1. The third kappa shape index (κ3) is 3.84. The number of allylic oxidation sites excluding steroid dienone is 1. The van der Waals surface area contributed by atoms with Crippen LogP contribution in [0.25, 0.3) is 0 Å². The van der Waals surface area contributed by atoms with E-state index in [1.165, 1.54) is 6.07 Å². The molecular weight excluding hydrogens is 347 g/mol. The first kappa shape index (κ1) is 19.4. The van der Waals surface area contributed by atoms with Crippen LogP contribution in [0.1, 0.15) is 37.4 Å². The van der Waals surface area contributed by atoms with E-state index in [1.807, 2.05) is 31.0 Å². The van der Waals surface area contributed by atoms with Crippen LogP contribution >= 0.6 is 0 Å². The fourth-order valence-corrected chi connectivity index (χ4v) is 3.44. The standard InChI is InChI=1S/C20H27FN4O2/c1-5-18(15-6-7-16(11-26)17(21)10-15)23-20-22-9-8-19(24(20)4)25-13(2)12-27-14(25)3/h6-10,13,18,20,23,26H,3,5,11-12H2,1-2,4H3. The molecule has 2 aliphatic heterocycles. The Morgan fingerprint density at radius 2 is 2.26 bits per heavy atom. The molecule has 146 valence electrons. The maximum Gasteiger partial charge on any atom is 0.187 e.